The second-order valence-electron chi connectivity index (χ2n) is 7.11. The van der Waals surface area contributed by atoms with Crippen LogP contribution in [0.15, 0.2) is 0 Å². The van der Waals surface area contributed by atoms with Crippen LogP contribution in [0.1, 0.15) is 59.3 Å². The molecular weight excluding hydrogens is 238 g/mol. The molecule has 1 aliphatic heterocycles. The zero-order valence-electron chi connectivity index (χ0n) is 12.7. The van der Waals surface area contributed by atoms with E-state index in [4.69, 9.17) is 0 Å². The third-order valence-corrected chi connectivity index (χ3v) is 5.76. The van der Waals surface area contributed by atoms with Crippen molar-refractivity contribution < 1.29 is 9.90 Å². The number of hydrogen-bond acceptors (Lipinski definition) is 2. The summed E-state index contributed by atoms with van der Waals surface area (Å²) in [5.74, 6) is -0.0367. The molecule has 2 rings (SSSR count). The molecule has 1 aliphatic carbocycles. The van der Waals surface area contributed by atoms with Crippen molar-refractivity contribution in [3.05, 3.63) is 0 Å². The first-order chi connectivity index (χ1) is 8.95. The van der Waals surface area contributed by atoms with Crippen LogP contribution in [0.5, 0.6) is 0 Å². The summed E-state index contributed by atoms with van der Waals surface area (Å²) in [5, 5.41) is 9.49. The second-order valence-corrected chi connectivity index (χ2v) is 7.11. The Morgan fingerprint density at radius 1 is 1.26 bits per heavy atom. The quantitative estimate of drug-likeness (QED) is 0.849. The van der Waals surface area contributed by atoms with Crippen LogP contribution in [0.25, 0.3) is 0 Å². The molecule has 2 aliphatic rings. The summed E-state index contributed by atoms with van der Waals surface area (Å²) < 4.78 is 0. The highest BCUT2D eigenvalue weighted by Gasteiger charge is 2.42. The van der Waals surface area contributed by atoms with Crippen molar-refractivity contribution in [2.45, 2.75) is 65.3 Å². The normalized spacial score (nSPS) is 33.5. The first-order valence-electron chi connectivity index (χ1n) is 7.92. The molecule has 3 unspecified atom stereocenters. The number of carbonyl (C=O) groups is 1. The predicted molar refractivity (Wildman–Crippen MR) is 77.1 cm³/mol. The standard InChI is InChI=1S/C16H29NO2/c1-4-16(2,3)12-7-8-13(15(18)19)14(11-12)17-9-5-6-10-17/h12-14H,4-11H2,1-3H3,(H,18,19). The molecule has 1 saturated heterocycles. The third-order valence-electron chi connectivity index (χ3n) is 5.76. The average molecular weight is 267 g/mol. The molecule has 1 N–H and O–H groups in total. The minimum Gasteiger partial charge on any atom is -0.481 e. The lowest BCUT2D eigenvalue weighted by Gasteiger charge is -2.45. The predicted octanol–water partition coefficient (Wildman–Crippen LogP) is 3.39. The van der Waals surface area contributed by atoms with Gasteiger partial charge in [-0.25, -0.2) is 0 Å². The number of aliphatic carboxylic acids is 1. The Morgan fingerprint density at radius 2 is 1.89 bits per heavy atom. The number of carboxylic acids is 1. The number of likely N-dealkylation sites (tertiary alicyclic amines) is 1. The first-order valence-corrected chi connectivity index (χ1v) is 7.92. The van der Waals surface area contributed by atoms with E-state index < -0.39 is 5.97 Å². The Kier molecular flexibility index (Phi) is 4.54. The minimum absolute atomic E-state index is 0.137. The molecule has 0 radical (unpaired) electrons. The maximum absolute atomic E-state index is 11.5. The second kappa shape index (κ2) is 5.82. The highest BCUT2D eigenvalue weighted by Crippen LogP contribution is 2.44. The maximum Gasteiger partial charge on any atom is 0.308 e. The van der Waals surface area contributed by atoms with Gasteiger partial charge in [0.1, 0.15) is 0 Å². The summed E-state index contributed by atoms with van der Waals surface area (Å²) in [7, 11) is 0. The van der Waals surface area contributed by atoms with Gasteiger partial charge in [0.15, 0.2) is 0 Å². The molecule has 2 fully saturated rings. The minimum atomic E-state index is -0.579. The summed E-state index contributed by atoms with van der Waals surface area (Å²) in [5.41, 5.74) is 0.349. The van der Waals surface area contributed by atoms with Crippen LogP contribution in [0.3, 0.4) is 0 Å². The summed E-state index contributed by atoms with van der Waals surface area (Å²) in [6, 6.07) is 0.282. The van der Waals surface area contributed by atoms with Crippen LogP contribution in [-0.2, 0) is 4.79 Å². The summed E-state index contributed by atoms with van der Waals surface area (Å²) in [4.78, 5) is 14.0. The molecular formula is C16H29NO2. The molecule has 0 bridgehead atoms. The lowest BCUT2D eigenvalue weighted by Crippen LogP contribution is -2.48. The Morgan fingerprint density at radius 3 is 2.42 bits per heavy atom. The van der Waals surface area contributed by atoms with E-state index in [9.17, 15) is 9.90 Å². The van der Waals surface area contributed by atoms with Gasteiger partial charge in [0.05, 0.1) is 5.92 Å². The Labute approximate surface area is 117 Å². The van der Waals surface area contributed by atoms with Crippen molar-refractivity contribution in [2.75, 3.05) is 13.1 Å². The molecule has 1 saturated carbocycles. The van der Waals surface area contributed by atoms with Crippen molar-refractivity contribution in [1.82, 2.24) is 4.90 Å². The van der Waals surface area contributed by atoms with Crippen molar-refractivity contribution in [3.8, 4) is 0 Å². The molecule has 19 heavy (non-hydrogen) atoms. The molecule has 110 valence electrons. The van der Waals surface area contributed by atoms with Crippen LogP contribution >= 0.6 is 0 Å². The number of carboxylic acid groups (broad SMARTS) is 1. The lowest BCUT2D eigenvalue weighted by molar-refractivity contribution is -0.146. The highest BCUT2D eigenvalue weighted by atomic mass is 16.4. The van der Waals surface area contributed by atoms with Crippen LogP contribution in [0, 0.1) is 17.3 Å². The highest BCUT2D eigenvalue weighted by molar-refractivity contribution is 5.71. The molecule has 0 spiro atoms. The summed E-state index contributed by atoms with van der Waals surface area (Å²) in [6.45, 7) is 9.16. The average Bonchev–Trinajstić information content (AvgIpc) is 2.91. The monoisotopic (exact) mass is 267 g/mol. The summed E-state index contributed by atoms with van der Waals surface area (Å²) >= 11 is 0. The van der Waals surface area contributed by atoms with Gasteiger partial charge in [0.2, 0.25) is 0 Å². The van der Waals surface area contributed by atoms with Crippen LogP contribution in [0.4, 0.5) is 0 Å². The van der Waals surface area contributed by atoms with Crippen molar-refractivity contribution in [3.63, 3.8) is 0 Å². The number of nitrogens with zero attached hydrogens (tertiary/aromatic N) is 1. The van der Waals surface area contributed by atoms with Gasteiger partial charge in [-0.15, -0.1) is 0 Å². The first kappa shape index (κ1) is 14.8. The molecule has 3 nitrogen and oxygen atoms in total. The fraction of sp³-hybridized carbons (Fsp3) is 0.938. The number of rotatable bonds is 4. The molecule has 0 aromatic carbocycles. The Bertz CT molecular complexity index is 321. The smallest absolute Gasteiger partial charge is 0.308 e. The van der Waals surface area contributed by atoms with Crippen LogP contribution < -0.4 is 0 Å². The van der Waals surface area contributed by atoms with Gasteiger partial charge in [-0.1, -0.05) is 27.2 Å². The van der Waals surface area contributed by atoms with Crippen LogP contribution in [0.2, 0.25) is 0 Å². The largest absolute Gasteiger partial charge is 0.481 e. The third kappa shape index (κ3) is 3.13. The zero-order chi connectivity index (χ0) is 14.0. The molecule has 1 heterocycles. The van der Waals surface area contributed by atoms with Gasteiger partial charge < -0.3 is 5.11 Å². The topological polar surface area (TPSA) is 40.5 Å². The van der Waals surface area contributed by atoms with E-state index in [1.54, 1.807) is 0 Å². The SMILES string of the molecule is CCC(C)(C)C1CCC(C(=O)O)C(N2CCCC2)C1. The lowest BCUT2D eigenvalue weighted by atomic mass is 9.65. The maximum atomic E-state index is 11.5. The molecule has 0 amide bonds. The van der Waals surface area contributed by atoms with E-state index in [1.165, 1.54) is 19.3 Å². The van der Waals surface area contributed by atoms with Crippen LogP contribution in [-0.4, -0.2) is 35.1 Å². The van der Waals surface area contributed by atoms with E-state index in [1.807, 2.05) is 0 Å². The van der Waals surface area contributed by atoms with E-state index in [2.05, 4.69) is 25.7 Å². The van der Waals surface area contributed by atoms with Gasteiger partial charge in [0.25, 0.3) is 0 Å². The number of hydrogen-bond donors (Lipinski definition) is 1. The molecule has 3 heteroatoms. The van der Waals surface area contributed by atoms with E-state index in [0.29, 0.717) is 11.3 Å². The Balaban J connectivity index is 2.11. The molecule has 3 atom stereocenters. The van der Waals surface area contributed by atoms with Gasteiger partial charge in [-0.05, 0) is 56.5 Å². The van der Waals surface area contributed by atoms with Gasteiger partial charge >= 0.3 is 5.97 Å². The van der Waals surface area contributed by atoms with Crippen molar-refractivity contribution in [2.24, 2.45) is 17.3 Å². The fourth-order valence-electron chi connectivity index (χ4n) is 3.91. The molecule has 0 aromatic rings. The van der Waals surface area contributed by atoms with Crippen molar-refractivity contribution in [1.29, 1.82) is 0 Å². The molecule has 0 aromatic heterocycles. The van der Waals surface area contributed by atoms with E-state index in [-0.39, 0.29) is 12.0 Å². The zero-order valence-corrected chi connectivity index (χ0v) is 12.7. The van der Waals surface area contributed by atoms with Gasteiger partial charge in [-0.3, -0.25) is 9.69 Å². The fourth-order valence-corrected chi connectivity index (χ4v) is 3.91. The van der Waals surface area contributed by atoms with E-state index in [0.717, 1.165) is 32.4 Å². The van der Waals surface area contributed by atoms with Gasteiger partial charge in [0, 0.05) is 6.04 Å². The van der Waals surface area contributed by atoms with Crippen molar-refractivity contribution >= 4 is 5.97 Å². The Hall–Kier alpha value is -0.570. The van der Waals surface area contributed by atoms with E-state index >= 15 is 0 Å². The van der Waals surface area contributed by atoms with Gasteiger partial charge in [-0.2, -0.15) is 0 Å². The summed E-state index contributed by atoms with van der Waals surface area (Å²) in [6.07, 6.45) is 6.70.